The van der Waals surface area contributed by atoms with E-state index in [0.717, 1.165) is 16.1 Å². The molecule has 1 amide bonds. The van der Waals surface area contributed by atoms with Gasteiger partial charge in [-0.05, 0) is 36.3 Å². The van der Waals surface area contributed by atoms with Crippen LogP contribution in [-0.2, 0) is 11.2 Å². The molecule has 1 aliphatic rings. The van der Waals surface area contributed by atoms with Crippen LogP contribution in [0.5, 0.6) is 11.5 Å². The number of hydrogen-bond donors (Lipinski definition) is 1. The van der Waals surface area contributed by atoms with E-state index in [1.54, 1.807) is 6.08 Å². The zero-order valence-corrected chi connectivity index (χ0v) is 15.5. The Bertz CT molecular complexity index is 996. The Balaban J connectivity index is 1.35. The maximum Gasteiger partial charge on any atom is 0.250 e. The second kappa shape index (κ2) is 7.59. The van der Waals surface area contributed by atoms with E-state index in [0.29, 0.717) is 23.1 Å². The van der Waals surface area contributed by atoms with Crippen molar-refractivity contribution in [1.29, 1.82) is 0 Å². The quantitative estimate of drug-likeness (QED) is 0.682. The highest BCUT2D eigenvalue weighted by atomic mass is 32.1. The molecule has 0 fully saturated rings. The number of carbonyl (C=O) groups is 1. The number of nitrogens with one attached hydrogen (secondary N) is 1. The van der Waals surface area contributed by atoms with E-state index in [4.69, 9.17) is 9.47 Å². The van der Waals surface area contributed by atoms with Crippen LogP contribution in [0.15, 0.2) is 48.5 Å². The van der Waals surface area contributed by atoms with Crippen LogP contribution in [0.1, 0.15) is 21.7 Å². The predicted octanol–water partition coefficient (Wildman–Crippen LogP) is 3.82. The largest absolute Gasteiger partial charge is 0.454 e. The normalized spacial score (nSPS) is 12.5. The molecule has 4 rings (SSSR count). The average Bonchev–Trinajstić information content (AvgIpc) is 3.30. The van der Waals surface area contributed by atoms with E-state index in [2.05, 4.69) is 46.7 Å². The molecule has 27 heavy (non-hydrogen) atoms. The third-order valence-corrected chi connectivity index (χ3v) is 4.84. The fourth-order valence-corrected chi connectivity index (χ4v) is 3.37. The topological polar surface area (TPSA) is 73.3 Å². The summed E-state index contributed by atoms with van der Waals surface area (Å²) in [5.41, 5.74) is 3.24. The van der Waals surface area contributed by atoms with Crippen molar-refractivity contribution in [2.24, 2.45) is 0 Å². The number of aryl methyl sites for hydroxylation is 1. The molecule has 0 aliphatic carbocycles. The summed E-state index contributed by atoms with van der Waals surface area (Å²) in [7, 11) is 0. The fourth-order valence-electron chi connectivity index (χ4n) is 2.59. The van der Waals surface area contributed by atoms with Crippen molar-refractivity contribution in [1.82, 2.24) is 10.2 Å². The van der Waals surface area contributed by atoms with Crippen LogP contribution in [0.25, 0.3) is 6.08 Å². The number of anilines is 1. The molecular weight excluding hydrogens is 362 g/mol. The summed E-state index contributed by atoms with van der Waals surface area (Å²) in [6, 6.07) is 13.8. The monoisotopic (exact) mass is 379 g/mol. The number of rotatable bonds is 5. The zero-order valence-electron chi connectivity index (χ0n) is 14.6. The van der Waals surface area contributed by atoms with Crippen molar-refractivity contribution >= 4 is 28.5 Å². The Morgan fingerprint density at radius 1 is 1.15 bits per heavy atom. The van der Waals surface area contributed by atoms with E-state index >= 15 is 0 Å². The van der Waals surface area contributed by atoms with Gasteiger partial charge in [0.25, 0.3) is 0 Å². The van der Waals surface area contributed by atoms with Gasteiger partial charge in [-0.25, -0.2) is 0 Å². The lowest BCUT2D eigenvalue weighted by Gasteiger charge is -1.98. The molecule has 0 bridgehead atoms. The minimum absolute atomic E-state index is 0.227. The van der Waals surface area contributed by atoms with Gasteiger partial charge in [-0.2, -0.15) is 0 Å². The minimum atomic E-state index is -0.259. The van der Waals surface area contributed by atoms with Crippen LogP contribution in [-0.4, -0.2) is 22.9 Å². The summed E-state index contributed by atoms with van der Waals surface area (Å²) >= 11 is 1.37. The number of amides is 1. The van der Waals surface area contributed by atoms with Crippen LogP contribution in [0.2, 0.25) is 0 Å². The van der Waals surface area contributed by atoms with Gasteiger partial charge in [-0.15, -0.1) is 10.2 Å². The van der Waals surface area contributed by atoms with E-state index in [9.17, 15) is 4.79 Å². The number of aromatic nitrogens is 2. The number of ether oxygens (including phenoxy) is 2. The SMILES string of the molecule is Cc1ccc(Cc2nnc(NC(=O)/C=C/c3ccc4c(c3)OCO4)s2)cc1. The first-order valence-electron chi connectivity index (χ1n) is 8.42. The van der Waals surface area contributed by atoms with Crippen molar-refractivity contribution in [3.63, 3.8) is 0 Å². The lowest BCUT2D eigenvalue weighted by Crippen LogP contribution is -2.07. The summed E-state index contributed by atoms with van der Waals surface area (Å²) in [5.74, 6) is 1.14. The van der Waals surface area contributed by atoms with Crippen LogP contribution >= 0.6 is 11.3 Å². The number of benzene rings is 2. The van der Waals surface area contributed by atoms with E-state index < -0.39 is 0 Å². The second-order valence-electron chi connectivity index (χ2n) is 6.10. The molecule has 7 heteroatoms. The smallest absolute Gasteiger partial charge is 0.250 e. The highest BCUT2D eigenvalue weighted by Gasteiger charge is 2.12. The molecule has 6 nitrogen and oxygen atoms in total. The molecule has 0 saturated carbocycles. The van der Waals surface area contributed by atoms with Crippen molar-refractivity contribution in [3.05, 3.63) is 70.2 Å². The van der Waals surface area contributed by atoms with Gasteiger partial charge in [0.1, 0.15) is 5.01 Å². The maximum atomic E-state index is 12.1. The van der Waals surface area contributed by atoms with Crippen LogP contribution in [0, 0.1) is 6.92 Å². The van der Waals surface area contributed by atoms with E-state index in [1.165, 1.54) is 23.0 Å². The standard InChI is InChI=1S/C20H17N3O3S/c1-13-2-4-15(5-3-13)11-19-22-23-20(27-19)21-18(24)9-7-14-6-8-16-17(10-14)26-12-25-16/h2-10H,11-12H2,1H3,(H,21,23,24)/b9-7+. The number of fused-ring (bicyclic) bond motifs is 1. The number of carbonyl (C=O) groups excluding carboxylic acids is 1. The van der Waals surface area contributed by atoms with Gasteiger partial charge in [-0.3, -0.25) is 10.1 Å². The lowest BCUT2D eigenvalue weighted by molar-refractivity contribution is -0.111. The molecule has 0 atom stereocenters. The van der Waals surface area contributed by atoms with Gasteiger partial charge in [-0.1, -0.05) is 47.2 Å². The summed E-state index contributed by atoms with van der Waals surface area (Å²) in [4.78, 5) is 12.1. The van der Waals surface area contributed by atoms with E-state index in [-0.39, 0.29) is 12.7 Å². The van der Waals surface area contributed by atoms with Crippen molar-refractivity contribution in [2.75, 3.05) is 12.1 Å². The molecule has 0 radical (unpaired) electrons. The molecule has 0 unspecified atom stereocenters. The van der Waals surface area contributed by atoms with Crippen LogP contribution < -0.4 is 14.8 Å². The average molecular weight is 379 g/mol. The van der Waals surface area contributed by atoms with Crippen molar-refractivity contribution in [2.45, 2.75) is 13.3 Å². The zero-order chi connectivity index (χ0) is 18.6. The Morgan fingerprint density at radius 2 is 1.96 bits per heavy atom. The van der Waals surface area contributed by atoms with Gasteiger partial charge >= 0.3 is 0 Å². The molecule has 2 heterocycles. The van der Waals surface area contributed by atoms with Crippen LogP contribution in [0.3, 0.4) is 0 Å². The summed E-state index contributed by atoms with van der Waals surface area (Å²) < 4.78 is 10.6. The third kappa shape index (κ3) is 4.32. The minimum Gasteiger partial charge on any atom is -0.454 e. The number of hydrogen-bond acceptors (Lipinski definition) is 6. The molecular formula is C20H17N3O3S. The lowest BCUT2D eigenvalue weighted by atomic mass is 10.1. The highest BCUT2D eigenvalue weighted by molar-refractivity contribution is 7.15. The molecule has 1 N–H and O–H groups in total. The second-order valence-corrected chi connectivity index (χ2v) is 7.16. The first kappa shape index (κ1) is 17.2. The van der Waals surface area contributed by atoms with Gasteiger partial charge in [0, 0.05) is 12.5 Å². The summed E-state index contributed by atoms with van der Waals surface area (Å²) in [6.07, 6.45) is 3.87. The molecule has 2 aromatic carbocycles. The first-order chi connectivity index (χ1) is 13.2. The molecule has 3 aromatic rings. The van der Waals surface area contributed by atoms with Crippen LogP contribution in [0.4, 0.5) is 5.13 Å². The Morgan fingerprint density at radius 3 is 2.81 bits per heavy atom. The Kier molecular flexibility index (Phi) is 4.84. The summed E-state index contributed by atoms with van der Waals surface area (Å²) in [6.45, 7) is 2.28. The maximum absolute atomic E-state index is 12.1. The van der Waals surface area contributed by atoms with Gasteiger partial charge in [0.15, 0.2) is 11.5 Å². The molecule has 0 spiro atoms. The highest BCUT2D eigenvalue weighted by Crippen LogP contribution is 2.32. The molecule has 136 valence electrons. The van der Waals surface area contributed by atoms with Gasteiger partial charge in [0.05, 0.1) is 0 Å². The Hall–Kier alpha value is -3.19. The molecule has 0 saturated heterocycles. The first-order valence-corrected chi connectivity index (χ1v) is 9.24. The van der Waals surface area contributed by atoms with Crippen molar-refractivity contribution < 1.29 is 14.3 Å². The third-order valence-electron chi connectivity index (χ3n) is 4.00. The Labute approximate surface area is 160 Å². The summed E-state index contributed by atoms with van der Waals surface area (Å²) in [5, 5.41) is 12.3. The molecule has 1 aromatic heterocycles. The predicted molar refractivity (Wildman–Crippen MR) is 104 cm³/mol. The van der Waals surface area contributed by atoms with Crippen molar-refractivity contribution in [3.8, 4) is 11.5 Å². The molecule has 1 aliphatic heterocycles. The fraction of sp³-hybridized carbons (Fsp3) is 0.150. The number of nitrogens with zero attached hydrogens (tertiary/aromatic N) is 2. The van der Waals surface area contributed by atoms with Gasteiger partial charge in [0.2, 0.25) is 17.8 Å². The van der Waals surface area contributed by atoms with Gasteiger partial charge < -0.3 is 9.47 Å². The van der Waals surface area contributed by atoms with E-state index in [1.807, 2.05) is 18.2 Å².